The molecule has 0 bridgehead atoms. The Balaban J connectivity index is 1.51. The van der Waals surface area contributed by atoms with Gasteiger partial charge in [0.2, 0.25) is 0 Å². The molecule has 0 aliphatic carbocycles. The van der Waals surface area contributed by atoms with Gasteiger partial charge in [-0.3, -0.25) is 14.5 Å². The van der Waals surface area contributed by atoms with Crippen LogP contribution < -0.4 is 15.2 Å². The van der Waals surface area contributed by atoms with Gasteiger partial charge in [-0.25, -0.2) is 4.99 Å². The summed E-state index contributed by atoms with van der Waals surface area (Å²) < 4.78 is 6.50. The molecule has 180 valence electrons. The number of aliphatic imine (C=N–C) groups is 1. The zero-order chi connectivity index (χ0) is 25.2. The lowest BCUT2D eigenvalue weighted by Crippen LogP contribution is -2.31. The van der Waals surface area contributed by atoms with E-state index in [2.05, 4.69) is 15.3 Å². The highest BCUT2D eigenvalue weighted by molar-refractivity contribution is 8.13. The molecule has 0 N–H and O–H groups in total. The van der Waals surface area contributed by atoms with Gasteiger partial charge >= 0.3 is 0 Å². The molecule has 0 saturated heterocycles. The number of hydrogen-bond acceptors (Lipinski definition) is 7. The van der Waals surface area contributed by atoms with Crippen molar-refractivity contribution >= 4 is 45.5 Å². The first-order valence-electron chi connectivity index (χ1n) is 11.3. The van der Waals surface area contributed by atoms with Crippen molar-refractivity contribution in [3.63, 3.8) is 0 Å². The normalized spacial score (nSPS) is 14.5. The Kier molecular flexibility index (Phi) is 6.39. The maximum absolute atomic E-state index is 13.5. The molecule has 1 aliphatic heterocycles. The van der Waals surface area contributed by atoms with Crippen LogP contribution in [-0.2, 0) is 10.7 Å². The molecule has 1 amide bonds. The Morgan fingerprint density at radius 3 is 2.42 bits per heavy atom. The van der Waals surface area contributed by atoms with Gasteiger partial charge in [0.05, 0.1) is 24.1 Å². The Morgan fingerprint density at radius 2 is 1.69 bits per heavy atom. The van der Waals surface area contributed by atoms with Gasteiger partial charge in [0, 0.05) is 0 Å². The molecule has 0 spiro atoms. The highest BCUT2D eigenvalue weighted by atomic mass is 32.2. The summed E-state index contributed by atoms with van der Waals surface area (Å²) in [6.45, 7) is 3.97. The monoisotopic (exact) mass is 497 g/mol. The van der Waals surface area contributed by atoms with Crippen molar-refractivity contribution in [3.8, 4) is 5.75 Å². The second-order valence-electron chi connectivity index (χ2n) is 8.37. The Morgan fingerprint density at radius 1 is 0.972 bits per heavy atom. The zero-order valence-corrected chi connectivity index (χ0v) is 20.8. The van der Waals surface area contributed by atoms with Crippen molar-refractivity contribution in [1.29, 1.82) is 0 Å². The number of carbonyl (C=O) groups is 1. The summed E-state index contributed by atoms with van der Waals surface area (Å²) in [5.74, 6) is 0.642. The molecule has 2 heterocycles. The number of carbonyl (C=O) groups excluding carboxylic acids is 1. The topological polar surface area (TPSA) is 89.7 Å². The minimum atomic E-state index is -0.245. The van der Waals surface area contributed by atoms with E-state index in [1.54, 1.807) is 36.3 Å². The number of amides is 1. The third-order valence-electron chi connectivity index (χ3n) is 5.66. The Hall–Kier alpha value is -4.24. The number of aryl methyl sites for hydroxylation is 2. The first-order chi connectivity index (χ1) is 17.4. The van der Waals surface area contributed by atoms with Crippen LogP contribution in [0.5, 0.6) is 5.75 Å². The lowest BCUT2D eigenvalue weighted by molar-refractivity contribution is -0.113. The van der Waals surface area contributed by atoms with Crippen molar-refractivity contribution < 1.29 is 9.53 Å². The van der Waals surface area contributed by atoms with E-state index >= 15 is 0 Å². The largest absolute Gasteiger partial charge is 0.497 e. The summed E-state index contributed by atoms with van der Waals surface area (Å²) in [5, 5.41) is 9.16. The third-order valence-corrected chi connectivity index (χ3v) is 6.56. The maximum Gasteiger partial charge on any atom is 0.283 e. The van der Waals surface area contributed by atoms with Crippen LogP contribution in [0.1, 0.15) is 16.7 Å². The SMILES string of the molecule is COc1ccc(/C=C2\N=C(SCn3nnc4ccccc4c3=O)N(c3cc(C)cc(C)c3)C2=O)cc1. The Labute approximate surface area is 211 Å². The van der Waals surface area contributed by atoms with Crippen molar-refractivity contribution in [2.24, 2.45) is 4.99 Å². The summed E-state index contributed by atoms with van der Waals surface area (Å²) >= 11 is 1.25. The molecule has 4 aromatic rings. The van der Waals surface area contributed by atoms with Gasteiger partial charge in [0.25, 0.3) is 11.5 Å². The first kappa shape index (κ1) is 23.5. The molecule has 8 nitrogen and oxygen atoms in total. The van der Waals surface area contributed by atoms with Crippen LogP contribution in [-0.4, -0.2) is 33.2 Å². The first-order valence-corrected chi connectivity index (χ1v) is 12.2. The van der Waals surface area contributed by atoms with E-state index in [0.717, 1.165) is 28.1 Å². The zero-order valence-electron chi connectivity index (χ0n) is 20.0. The molecule has 3 aromatic carbocycles. The van der Waals surface area contributed by atoms with Crippen LogP contribution in [0.3, 0.4) is 0 Å². The highest BCUT2D eigenvalue weighted by Crippen LogP contribution is 2.31. The number of thioether (sulfide) groups is 1. The molecular weight excluding hydrogens is 474 g/mol. The molecular formula is C27H23N5O3S. The van der Waals surface area contributed by atoms with E-state index in [1.807, 2.05) is 62.4 Å². The van der Waals surface area contributed by atoms with Crippen LogP contribution in [0.2, 0.25) is 0 Å². The Bertz CT molecular complexity index is 1570. The summed E-state index contributed by atoms with van der Waals surface area (Å²) in [6, 6.07) is 20.4. The minimum absolute atomic E-state index is 0.153. The summed E-state index contributed by atoms with van der Waals surface area (Å²) in [7, 11) is 1.61. The van der Waals surface area contributed by atoms with Gasteiger partial charge in [-0.05, 0) is 73.0 Å². The number of benzene rings is 3. The fourth-order valence-electron chi connectivity index (χ4n) is 3.99. The van der Waals surface area contributed by atoms with Crippen molar-refractivity contribution in [2.45, 2.75) is 19.7 Å². The standard InChI is InChI=1S/C27H23N5O3S/c1-17-12-18(2)14-20(13-17)32-26(34)24(15-19-8-10-21(35-3)11-9-19)28-27(32)36-16-31-25(33)22-6-4-5-7-23(22)29-30-31/h4-15H,16H2,1-3H3/b24-15-. The number of fused-ring (bicyclic) bond motifs is 1. The van der Waals surface area contributed by atoms with E-state index in [-0.39, 0.29) is 17.3 Å². The van der Waals surface area contributed by atoms with Gasteiger partial charge in [0.1, 0.15) is 17.0 Å². The van der Waals surface area contributed by atoms with Gasteiger partial charge in [-0.15, -0.1) is 5.10 Å². The molecule has 1 aromatic heterocycles. The lowest BCUT2D eigenvalue weighted by atomic mass is 10.1. The number of hydrogen-bond donors (Lipinski definition) is 0. The maximum atomic E-state index is 13.5. The minimum Gasteiger partial charge on any atom is -0.497 e. The predicted octanol–water partition coefficient (Wildman–Crippen LogP) is 4.55. The van der Waals surface area contributed by atoms with E-state index in [1.165, 1.54) is 16.4 Å². The number of amidine groups is 1. The van der Waals surface area contributed by atoms with Crippen LogP contribution in [0, 0.1) is 13.8 Å². The molecule has 0 fully saturated rings. The van der Waals surface area contributed by atoms with Crippen molar-refractivity contribution in [3.05, 3.63) is 99.5 Å². The van der Waals surface area contributed by atoms with E-state index < -0.39 is 0 Å². The van der Waals surface area contributed by atoms with E-state index in [9.17, 15) is 9.59 Å². The molecule has 36 heavy (non-hydrogen) atoms. The van der Waals surface area contributed by atoms with Crippen LogP contribution in [0.4, 0.5) is 5.69 Å². The van der Waals surface area contributed by atoms with E-state index in [0.29, 0.717) is 21.8 Å². The number of aromatic nitrogens is 3. The van der Waals surface area contributed by atoms with Crippen molar-refractivity contribution in [2.75, 3.05) is 12.0 Å². The molecule has 1 aliphatic rings. The van der Waals surface area contributed by atoms with Gasteiger partial charge in [0.15, 0.2) is 5.17 Å². The molecule has 0 unspecified atom stereocenters. The quantitative estimate of drug-likeness (QED) is 0.376. The summed E-state index contributed by atoms with van der Waals surface area (Å²) in [5.41, 5.74) is 4.21. The number of methoxy groups -OCH3 is 1. The van der Waals surface area contributed by atoms with E-state index in [4.69, 9.17) is 4.74 Å². The molecule has 0 atom stereocenters. The second-order valence-corrected chi connectivity index (χ2v) is 9.28. The molecule has 0 saturated carbocycles. The van der Waals surface area contributed by atoms with Crippen LogP contribution in [0.15, 0.2) is 82.2 Å². The molecule has 0 radical (unpaired) electrons. The summed E-state index contributed by atoms with van der Waals surface area (Å²) in [6.07, 6.45) is 1.74. The number of anilines is 1. The number of ether oxygens (including phenoxy) is 1. The summed E-state index contributed by atoms with van der Waals surface area (Å²) in [4.78, 5) is 32.7. The molecule has 9 heteroatoms. The third kappa shape index (κ3) is 4.65. The number of nitrogens with zero attached hydrogens (tertiary/aromatic N) is 5. The molecule has 5 rings (SSSR count). The average molecular weight is 498 g/mol. The van der Waals surface area contributed by atoms with Crippen LogP contribution >= 0.6 is 11.8 Å². The average Bonchev–Trinajstić information content (AvgIpc) is 3.18. The number of rotatable bonds is 5. The van der Waals surface area contributed by atoms with Gasteiger partial charge < -0.3 is 4.74 Å². The van der Waals surface area contributed by atoms with Crippen molar-refractivity contribution in [1.82, 2.24) is 15.0 Å². The highest BCUT2D eigenvalue weighted by Gasteiger charge is 2.32. The van der Waals surface area contributed by atoms with Crippen LogP contribution in [0.25, 0.3) is 17.0 Å². The second kappa shape index (κ2) is 9.79. The smallest absolute Gasteiger partial charge is 0.283 e. The fourth-order valence-corrected chi connectivity index (χ4v) is 4.87. The van der Waals surface area contributed by atoms with Gasteiger partial charge in [-0.2, -0.15) is 4.68 Å². The lowest BCUT2D eigenvalue weighted by Gasteiger charge is -2.19. The van der Waals surface area contributed by atoms with Gasteiger partial charge in [-0.1, -0.05) is 47.3 Å². The fraction of sp³-hybridized carbons (Fsp3) is 0.148. The predicted molar refractivity (Wildman–Crippen MR) is 143 cm³/mol.